The van der Waals surface area contributed by atoms with Gasteiger partial charge in [0.2, 0.25) is 0 Å². The van der Waals surface area contributed by atoms with Crippen molar-refractivity contribution >= 4 is 11.8 Å². The first-order valence-electron chi connectivity index (χ1n) is 9.71. The highest BCUT2D eigenvalue weighted by Crippen LogP contribution is 2.25. The van der Waals surface area contributed by atoms with Crippen molar-refractivity contribution in [3.63, 3.8) is 0 Å². The molecule has 0 radical (unpaired) electrons. The third-order valence-electron chi connectivity index (χ3n) is 4.90. The van der Waals surface area contributed by atoms with Crippen LogP contribution in [0.4, 0.5) is 10.5 Å². The third-order valence-corrected chi connectivity index (χ3v) is 4.90. The molecular formula is C25H30N4O3. The number of anilines is 1. The largest absolute Gasteiger partial charge is 0.497 e. The molecule has 0 fully saturated rings. The minimum Gasteiger partial charge on any atom is -0.497 e. The number of carboxylic acid groups (broad SMARTS) is 1. The van der Waals surface area contributed by atoms with Crippen molar-refractivity contribution < 1.29 is 14.6 Å². The van der Waals surface area contributed by atoms with Gasteiger partial charge in [0, 0.05) is 6.42 Å². The van der Waals surface area contributed by atoms with Crippen molar-refractivity contribution in [2.45, 2.75) is 20.8 Å². The van der Waals surface area contributed by atoms with Crippen LogP contribution >= 0.6 is 0 Å². The number of nitrogens with one attached hydrogen (secondary N) is 1. The summed E-state index contributed by atoms with van der Waals surface area (Å²) in [6.07, 6.45) is -0.901. The topological polar surface area (TPSA) is 114 Å². The van der Waals surface area contributed by atoms with Crippen LogP contribution in [0.15, 0.2) is 84.3 Å². The number of hydrogen-bond donors (Lipinski definition) is 4. The first kappa shape index (κ1) is 24.3. The van der Waals surface area contributed by atoms with Crippen molar-refractivity contribution in [3.05, 3.63) is 95.4 Å². The molecule has 32 heavy (non-hydrogen) atoms. The molecule has 3 rings (SSSR count). The number of hydrogen-bond acceptors (Lipinski definition) is 5. The molecular weight excluding hydrogens is 404 g/mol. The zero-order chi connectivity index (χ0) is 22.4. The Labute approximate surface area is 188 Å². The Morgan fingerprint density at radius 3 is 2.00 bits per heavy atom. The predicted molar refractivity (Wildman–Crippen MR) is 129 cm³/mol. The van der Waals surface area contributed by atoms with E-state index in [9.17, 15) is 4.79 Å². The standard InChI is InChI=1S/C24H26N4O3.CH4/c1-16-3-11-20(12-4-16)28(26)22(23(25)27-24(29)30)15-17-5-7-18(8-6-17)19-9-13-21(31-2)14-10-19;/h3-14,27H,15,25-26H2,1-2H3,(H,29,30);1H4/b23-22+;. The van der Waals surface area contributed by atoms with E-state index in [2.05, 4.69) is 5.32 Å². The summed E-state index contributed by atoms with van der Waals surface area (Å²) in [5.74, 6) is 7.10. The number of allylic oxidation sites excluding steroid dienone is 1. The van der Waals surface area contributed by atoms with Gasteiger partial charge in [0.1, 0.15) is 11.6 Å². The van der Waals surface area contributed by atoms with Crippen molar-refractivity contribution in [2.75, 3.05) is 12.1 Å². The lowest BCUT2D eigenvalue weighted by Gasteiger charge is -2.24. The van der Waals surface area contributed by atoms with Gasteiger partial charge in [-0.15, -0.1) is 0 Å². The number of amides is 1. The maximum atomic E-state index is 11.1. The lowest BCUT2D eigenvalue weighted by Crippen LogP contribution is -2.38. The highest BCUT2D eigenvalue weighted by atomic mass is 16.5. The fraction of sp³-hybridized carbons (Fsp3) is 0.160. The van der Waals surface area contributed by atoms with E-state index in [0.717, 1.165) is 28.0 Å². The maximum Gasteiger partial charge on any atom is 0.410 e. The fourth-order valence-corrected chi connectivity index (χ4v) is 3.15. The molecule has 0 aromatic heterocycles. The number of nitrogens with two attached hydrogens (primary N) is 2. The highest BCUT2D eigenvalue weighted by Gasteiger charge is 2.15. The van der Waals surface area contributed by atoms with Gasteiger partial charge in [-0.2, -0.15) is 0 Å². The number of methoxy groups -OCH3 is 1. The summed E-state index contributed by atoms with van der Waals surface area (Å²) in [4.78, 5) is 11.1. The van der Waals surface area contributed by atoms with Crippen LogP contribution in [-0.2, 0) is 6.42 Å². The molecule has 7 nitrogen and oxygen atoms in total. The zero-order valence-electron chi connectivity index (χ0n) is 17.5. The summed E-state index contributed by atoms with van der Waals surface area (Å²) < 4.78 is 5.20. The molecule has 0 spiro atoms. The Bertz CT molecular complexity index is 1060. The summed E-state index contributed by atoms with van der Waals surface area (Å²) in [5.41, 5.74) is 11.3. The molecule has 0 saturated heterocycles. The molecule has 0 atom stereocenters. The first-order valence-corrected chi connectivity index (χ1v) is 9.71. The molecule has 6 N–H and O–H groups in total. The quantitative estimate of drug-likeness (QED) is 0.319. The third kappa shape index (κ3) is 6.02. The Morgan fingerprint density at radius 1 is 0.969 bits per heavy atom. The van der Waals surface area contributed by atoms with E-state index >= 15 is 0 Å². The van der Waals surface area contributed by atoms with Gasteiger partial charge >= 0.3 is 6.09 Å². The number of nitrogens with zero attached hydrogens (tertiary/aromatic N) is 1. The van der Waals surface area contributed by atoms with E-state index in [0.29, 0.717) is 17.8 Å². The average molecular weight is 435 g/mol. The average Bonchev–Trinajstić information content (AvgIpc) is 2.77. The molecule has 3 aromatic carbocycles. The second-order valence-corrected chi connectivity index (χ2v) is 7.10. The minimum atomic E-state index is -1.25. The number of carbonyl (C=O) groups is 1. The fourth-order valence-electron chi connectivity index (χ4n) is 3.15. The van der Waals surface area contributed by atoms with E-state index in [-0.39, 0.29) is 13.2 Å². The van der Waals surface area contributed by atoms with Gasteiger partial charge in [0.25, 0.3) is 0 Å². The van der Waals surface area contributed by atoms with Gasteiger partial charge in [0.05, 0.1) is 18.5 Å². The monoisotopic (exact) mass is 434 g/mol. The molecule has 168 valence electrons. The Hall–Kier alpha value is -3.97. The molecule has 0 unspecified atom stereocenters. The van der Waals surface area contributed by atoms with Crippen LogP contribution in [0.3, 0.4) is 0 Å². The van der Waals surface area contributed by atoms with Gasteiger partial charge in [0.15, 0.2) is 0 Å². The van der Waals surface area contributed by atoms with E-state index in [1.54, 1.807) is 7.11 Å². The summed E-state index contributed by atoms with van der Waals surface area (Å²) in [6.45, 7) is 1.98. The lowest BCUT2D eigenvalue weighted by molar-refractivity contribution is 0.197. The molecule has 0 aliphatic rings. The molecule has 7 heteroatoms. The molecule has 0 aliphatic heterocycles. The number of ether oxygens (including phenoxy) is 1. The summed E-state index contributed by atoms with van der Waals surface area (Å²) in [6, 6.07) is 23.3. The molecule has 0 aliphatic carbocycles. The molecule has 3 aromatic rings. The van der Waals surface area contributed by atoms with E-state index in [4.69, 9.17) is 21.4 Å². The minimum absolute atomic E-state index is 0. The first-order chi connectivity index (χ1) is 14.9. The van der Waals surface area contributed by atoms with Gasteiger partial charge in [-0.1, -0.05) is 61.5 Å². The predicted octanol–water partition coefficient (Wildman–Crippen LogP) is 4.62. The molecule has 1 amide bonds. The van der Waals surface area contributed by atoms with Crippen LogP contribution in [0.25, 0.3) is 11.1 Å². The SMILES string of the molecule is C.COc1ccc(-c2ccc(C/C(=C(/N)NC(=O)O)N(N)c3ccc(C)cc3)cc2)cc1. The molecule has 0 bridgehead atoms. The van der Waals surface area contributed by atoms with Gasteiger partial charge in [-0.3, -0.25) is 10.3 Å². The smallest absolute Gasteiger partial charge is 0.410 e. The van der Waals surface area contributed by atoms with Gasteiger partial charge < -0.3 is 15.6 Å². The van der Waals surface area contributed by atoms with E-state index in [1.807, 2.05) is 79.7 Å². The van der Waals surface area contributed by atoms with Crippen molar-refractivity contribution in [1.82, 2.24) is 5.32 Å². The number of hydrazine groups is 1. The van der Waals surface area contributed by atoms with Crippen LogP contribution < -0.4 is 26.6 Å². The van der Waals surface area contributed by atoms with Gasteiger partial charge in [-0.25, -0.2) is 10.6 Å². The zero-order valence-corrected chi connectivity index (χ0v) is 17.5. The summed E-state index contributed by atoms with van der Waals surface area (Å²) in [5, 5.41) is 12.7. The lowest BCUT2D eigenvalue weighted by atomic mass is 10.0. The number of benzene rings is 3. The Kier molecular flexibility index (Phi) is 8.26. The Morgan fingerprint density at radius 2 is 1.50 bits per heavy atom. The molecule has 0 saturated carbocycles. The van der Waals surface area contributed by atoms with Crippen LogP contribution in [0.1, 0.15) is 18.6 Å². The number of rotatable bonds is 7. The Balaban J connectivity index is 0.00000363. The number of aryl methyl sites for hydroxylation is 1. The van der Waals surface area contributed by atoms with Crippen LogP contribution in [0, 0.1) is 6.92 Å². The van der Waals surface area contributed by atoms with Crippen molar-refractivity contribution in [3.8, 4) is 16.9 Å². The van der Waals surface area contributed by atoms with Crippen LogP contribution in [-0.4, -0.2) is 18.3 Å². The van der Waals surface area contributed by atoms with Crippen molar-refractivity contribution in [1.29, 1.82) is 0 Å². The van der Waals surface area contributed by atoms with E-state index < -0.39 is 6.09 Å². The summed E-state index contributed by atoms with van der Waals surface area (Å²) >= 11 is 0. The van der Waals surface area contributed by atoms with Gasteiger partial charge in [-0.05, 0) is 47.9 Å². The van der Waals surface area contributed by atoms with Crippen molar-refractivity contribution in [2.24, 2.45) is 11.6 Å². The highest BCUT2D eigenvalue weighted by molar-refractivity contribution is 5.68. The molecule has 0 heterocycles. The second kappa shape index (κ2) is 10.9. The van der Waals surface area contributed by atoms with Crippen LogP contribution in [0.5, 0.6) is 5.75 Å². The van der Waals surface area contributed by atoms with E-state index in [1.165, 1.54) is 5.01 Å². The normalized spacial score (nSPS) is 11.1. The summed E-state index contributed by atoms with van der Waals surface area (Å²) in [7, 11) is 1.64. The maximum absolute atomic E-state index is 11.1. The van der Waals surface area contributed by atoms with Crippen LogP contribution in [0.2, 0.25) is 0 Å². The second-order valence-electron chi connectivity index (χ2n) is 7.10.